The minimum absolute atomic E-state index is 0.613. The molecule has 2 heterocycles. The highest BCUT2D eigenvalue weighted by Gasteiger charge is 2.16. The number of hydrogen-bond acceptors (Lipinski definition) is 3. The van der Waals surface area contributed by atoms with Gasteiger partial charge in [-0.05, 0) is 83.4 Å². The molecule has 2 aromatic heterocycles. The van der Waals surface area contributed by atoms with E-state index in [4.69, 9.17) is 0 Å². The summed E-state index contributed by atoms with van der Waals surface area (Å²) in [6.07, 6.45) is 0. The predicted octanol–water partition coefficient (Wildman–Crippen LogP) is 10.2. The predicted molar refractivity (Wildman–Crippen MR) is 174 cm³/mol. The van der Waals surface area contributed by atoms with E-state index in [-0.39, 0.29) is 0 Å². The van der Waals surface area contributed by atoms with Crippen molar-refractivity contribution in [2.24, 2.45) is 0 Å². The van der Waals surface area contributed by atoms with E-state index in [1.165, 1.54) is 15.5 Å². The van der Waals surface area contributed by atoms with E-state index in [0.717, 1.165) is 54.4 Å². The average Bonchev–Trinajstić information content (AvgIpc) is 3.59. The first-order valence-corrected chi connectivity index (χ1v) is 14.5. The van der Waals surface area contributed by atoms with E-state index >= 15 is 0 Å². The lowest BCUT2D eigenvalue weighted by Crippen LogP contribution is -1.97. The van der Waals surface area contributed by atoms with Crippen molar-refractivity contribution in [2.45, 2.75) is 0 Å². The third kappa shape index (κ3) is 3.71. The number of benzene rings is 6. The molecule has 42 heavy (non-hydrogen) atoms. The van der Waals surface area contributed by atoms with Crippen LogP contribution in [0.3, 0.4) is 0 Å². The molecule has 3 nitrogen and oxygen atoms in total. The number of para-hydroxylation sites is 3. The topological polar surface area (TPSA) is 52.5 Å². The largest absolute Gasteiger partial charge is 0.309 e. The molecule has 8 rings (SSSR count). The van der Waals surface area contributed by atoms with Gasteiger partial charge in [-0.15, -0.1) is 11.3 Å². The molecule has 0 aliphatic heterocycles. The fourth-order valence-corrected chi connectivity index (χ4v) is 7.20. The van der Waals surface area contributed by atoms with Gasteiger partial charge in [0.15, 0.2) is 0 Å². The van der Waals surface area contributed by atoms with Gasteiger partial charge in [0, 0.05) is 36.5 Å². The molecule has 0 atom stereocenters. The average molecular weight is 552 g/mol. The molecule has 4 heteroatoms. The number of nitrogens with zero attached hydrogens (tertiary/aromatic N) is 3. The van der Waals surface area contributed by atoms with Gasteiger partial charge in [-0.2, -0.15) is 10.5 Å². The zero-order chi connectivity index (χ0) is 28.2. The Hall–Kier alpha value is -5.68. The molecule has 6 aromatic carbocycles. The molecule has 8 aromatic rings. The van der Waals surface area contributed by atoms with Crippen molar-refractivity contribution in [2.75, 3.05) is 0 Å². The molecule has 0 radical (unpaired) electrons. The van der Waals surface area contributed by atoms with Crippen LogP contribution >= 0.6 is 11.3 Å². The minimum Gasteiger partial charge on any atom is -0.309 e. The van der Waals surface area contributed by atoms with Crippen molar-refractivity contribution in [3.63, 3.8) is 0 Å². The van der Waals surface area contributed by atoms with Gasteiger partial charge < -0.3 is 4.57 Å². The van der Waals surface area contributed by atoms with Crippen molar-refractivity contribution in [3.05, 3.63) is 139 Å². The minimum atomic E-state index is 0.613. The molecule has 0 amide bonds. The Morgan fingerprint density at radius 3 is 1.83 bits per heavy atom. The van der Waals surface area contributed by atoms with Gasteiger partial charge in [0.1, 0.15) is 0 Å². The fourth-order valence-electron chi connectivity index (χ4n) is 6.14. The summed E-state index contributed by atoms with van der Waals surface area (Å²) < 4.78 is 4.67. The smallest absolute Gasteiger partial charge is 0.0992 e. The van der Waals surface area contributed by atoms with Crippen LogP contribution in [0.15, 0.2) is 127 Å². The Morgan fingerprint density at radius 2 is 1.10 bits per heavy atom. The number of aromatic nitrogens is 1. The molecule has 0 fully saturated rings. The number of rotatable bonds is 3. The molecule has 0 unspecified atom stereocenters. The Bertz CT molecular complexity index is 2390. The molecular weight excluding hydrogens is 531 g/mol. The van der Waals surface area contributed by atoms with Gasteiger partial charge in [-0.3, -0.25) is 0 Å². The van der Waals surface area contributed by atoms with Crippen molar-refractivity contribution in [1.82, 2.24) is 4.57 Å². The molecule has 0 saturated carbocycles. The maximum atomic E-state index is 10.1. The summed E-state index contributed by atoms with van der Waals surface area (Å²) in [5, 5.41) is 24.2. The highest BCUT2D eigenvalue weighted by atomic mass is 32.1. The zero-order valence-electron chi connectivity index (χ0n) is 22.4. The molecule has 0 aliphatic carbocycles. The summed E-state index contributed by atoms with van der Waals surface area (Å²) in [5.41, 5.74) is 8.70. The molecule has 0 saturated heterocycles. The zero-order valence-corrected chi connectivity index (χ0v) is 23.2. The second kappa shape index (κ2) is 9.46. The van der Waals surface area contributed by atoms with Gasteiger partial charge in [0.05, 0.1) is 40.0 Å². The standard InChI is InChI=1S/C38H21N3S/c39-22-24-13-15-37-32(19-24)33-21-26(14-16-38(33)42-37)27-17-25(23-40)18-28(20-27)29-7-1-4-10-34(29)41-35-11-5-2-8-30(35)31-9-3-6-12-36(31)41/h1-21H. The van der Waals surface area contributed by atoms with Gasteiger partial charge in [0.2, 0.25) is 0 Å². The monoisotopic (exact) mass is 551 g/mol. The van der Waals surface area contributed by atoms with Gasteiger partial charge >= 0.3 is 0 Å². The molecule has 0 bridgehead atoms. The first-order chi connectivity index (χ1) is 20.7. The summed E-state index contributed by atoms with van der Waals surface area (Å²) in [6, 6.07) is 48.6. The second-order valence-corrected chi connectivity index (χ2v) is 11.5. The normalized spacial score (nSPS) is 11.3. The lowest BCUT2D eigenvalue weighted by Gasteiger charge is -2.15. The van der Waals surface area contributed by atoms with E-state index < -0.39 is 0 Å². The van der Waals surface area contributed by atoms with Crippen molar-refractivity contribution < 1.29 is 0 Å². The van der Waals surface area contributed by atoms with Crippen LogP contribution in [0, 0.1) is 22.7 Å². The Balaban J connectivity index is 1.35. The first-order valence-electron chi connectivity index (χ1n) is 13.7. The van der Waals surface area contributed by atoms with Crippen molar-refractivity contribution in [1.29, 1.82) is 10.5 Å². The summed E-state index contributed by atoms with van der Waals surface area (Å²) in [6.45, 7) is 0. The van der Waals surface area contributed by atoms with Gasteiger partial charge in [0.25, 0.3) is 0 Å². The quantitative estimate of drug-likeness (QED) is 0.219. The van der Waals surface area contributed by atoms with Gasteiger partial charge in [-0.25, -0.2) is 0 Å². The van der Waals surface area contributed by atoms with Crippen LogP contribution in [0.5, 0.6) is 0 Å². The summed E-state index contributed by atoms with van der Waals surface area (Å²) in [4.78, 5) is 0. The number of nitriles is 2. The van der Waals surface area contributed by atoms with Crippen LogP contribution in [-0.4, -0.2) is 4.57 Å². The van der Waals surface area contributed by atoms with Crippen LogP contribution in [0.25, 0.3) is 69.9 Å². The Labute approximate surface area is 246 Å². The van der Waals surface area contributed by atoms with E-state index in [0.29, 0.717) is 11.1 Å². The van der Waals surface area contributed by atoms with E-state index in [1.54, 1.807) is 11.3 Å². The molecule has 0 aliphatic rings. The van der Waals surface area contributed by atoms with Crippen LogP contribution < -0.4 is 0 Å². The second-order valence-electron chi connectivity index (χ2n) is 10.4. The maximum Gasteiger partial charge on any atom is 0.0992 e. The van der Waals surface area contributed by atoms with Crippen LogP contribution in [0.1, 0.15) is 11.1 Å². The highest BCUT2D eigenvalue weighted by molar-refractivity contribution is 7.25. The number of hydrogen-bond donors (Lipinski definition) is 0. The van der Waals surface area contributed by atoms with E-state index in [1.807, 2.05) is 30.3 Å². The van der Waals surface area contributed by atoms with E-state index in [9.17, 15) is 10.5 Å². The highest BCUT2D eigenvalue weighted by Crippen LogP contribution is 2.40. The van der Waals surface area contributed by atoms with Crippen molar-refractivity contribution >= 4 is 53.3 Å². The molecule has 0 N–H and O–H groups in total. The van der Waals surface area contributed by atoms with Crippen molar-refractivity contribution in [3.8, 4) is 40.1 Å². The lowest BCUT2D eigenvalue weighted by molar-refractivity contribution is 1.18. The third-order valence-corrected chi connectivity index (χ3v) is 9.18. The molecule has 0 spiro atoms. The van der Waals surface area contributed by atoms with E-state index in [2.05, 4.69) is 114 Å². The Morgan fingerprint density at radius 1 is 0.476 bits per heavy atom. The summed E-state index contributed by atoms with van der Waals surface area (Å²) >= 11 is 1.73. The summed E-state index contributed by atoms with van der Waals surface area (Å²) in [5.74, 6) is 0. The van der Waals surface area contributed by atoms with Gasteiger partial charge in [-0.1, -0.05) is 60.7 Å². The molecule has 194 valence electrons. The third-order valence-electron chi connectivity index (χ3n) is 8.03. The Kier molecular flexibility index (Phi) is 5.44. The first kappa shape index (κ1) is 24.1. The number of fused-ring (bicyclic) bond motifs is 6. The lowest BCUT2D eigenvalue weighted by atomic mass is 9.94. The maximum absolute atomic E-state index is 10.1. The summed E-state index contributed by atoms with van der Waals surface area (Å²) in [7, 11) is 0. The molecular formula is C38H21N3S. The fraction of sp³-hybridized carbons (Fsp3) is 0. The SMILES string of the molecule is N#Cc1cc(-c2ccc3sc4ccc(C#N)cc4c3c2)cc(-c2ccccc2-n2c3ccccc3c3ccccc32)c1. The van der Waals surface area contributed by atoms with Crippen LogP contribution in [-0.2, 0) is 0 Å². The van der Waals surface area contributed by atoms with Crippen LogP contribution in [0.4, 0.5) is 0 Å². The van der Waals surface area contributed by atoms with Crippen LogP contribution in [0.2, 0.25) is 0 Å². The number of thiophene rings is 1.